The Morgan fingerprint density at radius 1 is 1.36 bits per heavy atom. The molecule has 0 bridgehead atoms. The van der Waals surface area contributed by atoms with Crippen molar-refractivity contribution >= 4 is 6.29 Å². The Hall–Kier alpha value is -1.15. The van der Waals surface area contributed by atoms with Crippen molar-refractivity contribution in [3.05, 3.63) is 35.9 Å². The van der Waals surface area contributed by atoms with Crippen LogP contribution in [0.25, 0.3) is 0 Å². The highest BCUT2D eigenvalue weighted by molar-refractivity contribution is 5.64. The fraction of sp³-hybridized carbons (Fsp3) is 0.417. The summed E-state index contributed by atoms with van der Waals surface area (Å²) < 4.78 is 5.50. The number of hydrogen-bond donors (Lipinski definition) is 0. The van der Waals surface area contributed by atoms with E-state index in [-0.39, 0.29) is 12.0 Å². The predicted molar refractivity (Wildman–Crippen MR) is 53.9 cm³/mol. The average Bonchev–Trinajstić information content (AvgIpc) is 2.74. The van der Waals surface area contributed by atoms with E-state index in [4.69, 9.17) is 4.74 Å². The largest absolute Gasteiger partial charge is 0.541 e. The summed E-state index contributed by atoms with van der Waals surface area (Å²) in [7, 11) is 0. The van der Waals surface area contributed by atoms with Crippen molar-refractivity contribution in [1.82, 2.24) is 0 Å². The van der Waals surface area contributed by atoms with Crippen LogP contribution in [0.5, 0.6) is 0 Å². The van der Waals surface area contributed by atoms with Gasteiger partial charge in [-0.25, -0.2) is 0 Å². The first kappa shape index (κ1) is 9.41. The molecule has 74 valence electrons. The van der Waals surface area contributed by atoms with Crippen LogP contribution in [0.2, 0.25) is 0 Å². The number of rotatable bonds is 3. The van der Waals surface area contributed by atoms with Gasteiger partial charge in [0.2, 0.25) is 0 Å². The minimum atomic E-state index is -0.210. The van der Waals surface area contributed by atoms with Crippen molar-refractivity contribution in [2.75, 3.05) is 6.61 Å². The maximum atomic E-state index is 10.9. The van der Waals surface area contributed by atoms with Crippen LogP contribution in [0, 0.1) is 0 Å². The normalized spacial score (nSPS) is 23.3. The molecule has 2 atom stereocenters. The van der Waals surface area contributed by atoms with Gasteiger partial charge in [0.25, 0.3) is 0 Å². The second kappa shape index (κ2) is 4.38. The van der Waals surface area contributed by atoms with Crippen LogP contribution in [0.15, 0.2) is 30.3 Å². The monoisotopic (exact) mass is 189 g/mol. The summed E-state index contributed by atoms with van der Waals surface area (Å²) in [5.41, 5.74) is 1.01. The van der Waals surface area contributed by atoms with Crippen molar-refractivity contribution in [3.8, 4) is 0 Å². The number of ether oxygens (including phenoxy) is 1. The summed E-state index contributed by atoms with van der Waals surface area (Å²) in [5.74, 6) is -0.210. The fourth-order valence-electron chi connectivity index (χ4n) is 1.88. The van der Waals surface area contributed by atoms with Gasteiger partial charge < -0.3 is 9.53 Å². The first-order valence-electron chi connectivity index (χ1n) is 4.96. The van der Waals surface area contributed by atoms with Gasteiger partial charge in [0.05, 0.1) is 0 Å². The van der Waals surface area contributed by atoms with Crippen molar-refractivity contribution in [2.24, 2.45) is 0 Å². The molecule has 1 aliphatic rings. The van der Waals surface area contributed by atoms with Gasteiger partial charge in [-0.1, -0.05) is 41.8 Å². The van der Waals surface area contributed by atoms with E-state index in [9.17, 15) is 4.79 Å². The van der Waals surface area contributed by atoms with Crippen LogP contribution < -0.4 is 0 Å². The molecule has 2 nitrogen and oxygen atoms in total. The topological polar surface area (TPSA) is 26.3 Å². The summed E-state index contributed by atoms with van der Waals surface area (Å²) in [6.07, 6.45) is 4.14. The minimum absolute atomic E-state index is 0.0369. The smallest absolute Gasteiger partial charge is 0.0469 e. The molecule has 1 fully saturated rings. The zero-order valence-electron chi connectivity index (χ0n) is 7.98. The molecule has 1 saturated heterocycles. The van der Waals surface area contributed by atoms with Gasteiger partial charge in [-0.15, -0.1) is 0 Å². The molecule has 0 saturated carbocycles. The highest BCUT2D eigenvalue weighted by Gasteiger charge is 2.20. The van der Waals surface area contributed by atoms with E-state index in [1.807, 2.05) is 30.3 Å². The van der Waals surface area contributed by atoms with E-state index in [1.54, 1.807) is 0 Å². The Balaban J connectivity index is 2.16. The second-order valence-corrected chi connectivity index (χ2v) is 3.56. The Labute approximate surface area is 83.9 Å². The second-order valence-electron chi connectivity index (χ2n) is 3.56. The van der Waals surface area contributed by atoms with Crippen molar-refractivity contribution in [2.45, 2.75) is 24.9 Å². The summed E-state index contributed by atoms with van der Waals surface area (Å²) in [4.78, 5) is 10.9. The Bertz CT molecular complexity index is 288. The Morgan fingerprint density at radius 2 is 2.14 bits per heavy atom. The molecular formula is C12H13O2-. The van der Waals surface area contributed by atoms with E-state index in [2.05, 4.69) is 6.29 Å². The quantitative estimate of drug-likeness (QED) is 0.680. The van der Waals surface area contributed by atoms with E-state index < -0.39 is 0 Å². The van der Waals surface area contributed by atoms with Gasteiger partial charge in [-0.2, -0.15) is 0 Å². The lowest BCUT2D eigenvalue weighted by molar-refractivity contribution is 0.103. The molecule has 1 aromatic carbocycles. The molecule has 1 unspecified atom stereocenters. The van der Waals surface area contributed by atoms with Crippen LogP contribution in [-0.4, -0.2) is 19.0 Å². The SMILES string of the molecule is O=[C-]C(c1ccccc1)[C@H]1CCCO1. The summed E-state index contributed by atoms with van der Waals surface area (Å²) >= 11 is 0. The molecule has 14 heavy (non-hydrogen) atoms. The van der Waals surface area contributed by atoms with Gasteiger partial charge in [-0.3, -0.25) is 6.29 Å². The first-order valence-corrected chi connectivity index (χ1v) is 4.96. The van der Waals surface area contributed by atoms with Gasteiger partial charge in [0, 0.05) is 12.7 Å². The third-order valence-corrected chi connectivity index (χ3v) is 2.62. The zero-order valence-corrected chi connectivity index (χ0v) is 7.98. The summed E-state index contributed by atoms with van der Waals surface area (Å²) in [6, 6.07) is 9.73. The maximum Gasteiger partial charge on any atom is 0.0469 e. The molecule has 1 aromatic rings. The average molecular weight is 189 g/mol. The van der Waals surface area contributed by atoms with Gasteiger partial charge >= 0.3 is 0 Å². The molecule has 0 amide bonds. The third kappa shape index (κ3) is 1.85. The lowest BCUT2D eigenvalue weighted by Gasteiger charge is -2.25. The molecule has 0 aromatic heterocycles. The molecular weight excluding hydrogens is 176 g/mol. The molecule has 2 rings (SSSR count). The summed E-state index contributed by atoms with van der Waals surface area (Å²) in [6.45, 7) is 0.773. The summed E-state index contributed by atoms with van der Waals surface area (Å²) in [5, 5.41) is 0. The van der Waals surface area contributed by atoms with Crippen LogP contribution in [-0.2, 0) is 9.53 Å². The van der Waals surface area contributed by atoms with Gasteiger partial charge in [0.1, 0.15) is 0 Å². The Morgan fingerprint density at radius 3 is 2.71 bits per heavy atom. The fourth-order valence-corrected chi connectivity index (χ4v) is 1.88. The first-order chi connectivity index (χ1) is 6.92. The highest BCUT2D eigenvalue weighted by atomic mass is 16.5. The van der Waals surface area contributed by atoms with E-state index in [0.717, 1.165) is 25.0 Å². The van der Waals surface area contributed by atoms with Gasteiger partial charge in [0.15, 0.2) is 0 Å². The minimum Gasteiger partial charge on any atom is -0.541 e. The maximum absolute atomic E-state index is 10.9. The van der Waals surface area contributed by atoms with Crippen molar-refractivity contribution in [3.63, 3.8) is 0 Å². The Kier molecular flexibility index (Phi) is 2.94. The lowest BCUT2D eigenvalue weighted by Crippen LogP contribution is -2.18. The standard InChI is InChI=1S/C12H13O2/c13-9-11(12-7-4-8-14-12)10-5-2-1-3-6-10/h1-3,5-6,11-12H,4,7-8H2/q-1/t11?,12-/m1/s1. The van der Waals surface area contributed by atoms with E-state index >= 15 is 0 Å². The lowest BCUT2D eigenvalue weighted by atomic mass is 9.93. The number of benzene rings is 1. The molecule has 0 spiro atoms. The predicted octanol–water partition coefficient (Wildman–Crippen LogP) is 2.06. The van der Waals surface area contributed by atoms with E-state index in [0.29, 0.717) is 0 Å². The third-order valence-electron chi connectivity index (χ3n) is 2.62. The van der Waals surface area contributed by atoms with Gasteiger partial charge in [-0.05, 0) is 12.8 Å². The molecule has 0 aliphatic carbocycles. The molecule has 1 heterocycles. The molecule has 0 radical (unpaired) electrons. The van der Waals surface area contributed by atoms with Crippen molar-refractivity contribution < 1.29 is 9.53 Å². The molecule has 1 aliphatic heterocycles. The highest BCUT2D eigenvalue weighted by Crippen LogP contribution is 2.26. The van der Waals surface area contributed by atoms with Crippen LogP contribution in [0.4, 0.5) is 0 Å². The van der Waals surface area contributed by atoms with Crippen LogP contribution in [0.1, 0.15) is 24.3 Å². The van der Waals surface area contributed by atoms with Crippen molar-refractivity contribution in [1.29, 1.82) is 0 Å². The number of hydrogen-bond acceptors (Lipinski definition) is 2. The van der Waals surface area contributed by atoms with Crippen LogP contribution in [0.3, 0.4) is 0 Å². The molecule has 0 N–H and O–H groups in total. The van der Waals surface area contributed by atoms with E-state index in [1.165, 1.54) is 0 Å². The zero-order chi connectivity index (χ0) is 9.80. The molecule has 2 heteroatoms. The van der Waals surface area contributed by atoms with Crippen LogP contribution >= 0.6 is 0 Å². The number of carbonyl (C=O) groups excluding carboxylic acids is 1.